The summed E-state index contributed by atoms with van der Waals surface area (Å²) in [6.07, 6.45) is 7.14. The van der Waals surface area contributed by atoms with Crippen LogP contribution >= 0.6 is 0 Å². The number of amides is 2. The number of aliphatic carboxylic acids is 1. The van der Waals surface area contributed by atoms with Crippen molar-refractivity contribution in [2.24, 2.45) is 0 Å². The molecule has 0 spiro atoms. The normalized spacial score (nSPS) is 13.6. The summed E-state index contributed by atoms with van der Waals surface area (Å²) < 4.78 is 5.45. The van der Waals surface area contributed by atoms with E-state index in [4.69, 9.17) is 9.63 Å². The lowest BCUT2D eigenvalue weighted by Crippen LogP contribution is -2.26. The molecule has 0 fully saturated rings. The van der Waals surface area contributed by atoms with Gasteiger partial charge in [0, 0.05) is 29.3 Å². The Labute approximate surface area is 262 Å². The molecule has 4 aromatic rings. The first kappa shape index (κ1) is 31.4. The standard InChI is InChI=1S/C36H38N4O5/c1-23(2)33-39-36(45-40-33)29-9-6-10-30(22-29)38-35(44)31(27-17-15-26(16-18-27)25-7-4-3-5-8-25)21-24-11-13-28(14-12-24)34(43)37-20-19-32(41)42/h6-7,9-18,22-23,31H,3-5,8,19-21H2,1-2H3,(H,37,43)(H,38,44)(H,41,42). The number of aromatic nitrogens is 2. The van der Waals surface area contributed by atoms with E-state index in [0.717, 1.165) is 24.0 Å². The van der Waals surface area contributed by atoms with Gasteiger partial charge in [-0.15, -0.1) is 0 Å². The molecule has 3 aromatic carbocycles. The van der Waals surface area contributed by atoms with E-state index < -0.39 is 11.9 Å². The average Bonchev–Trinajstić information content (AvgIpc) is 3.56. The predicted molar refractivity (Wildman–Crippen MR) is 173 cm³/mol. The average molecular weight is 607 g/mol. The number of carbonyl (C=O) groups is 3. The Morgan fingerprint density at radius 3 is 2.40 bits per heavy atom. The van der Waals surface area contributed by atoms with Crippen molar-refractivity contribution >= 4 is 29.0 Å². The monoisotopic (exact) mass is 606 g/mol. The maximum atomic E-state index is 13.9. The van der Waals surface area contributed by atoms with Crippen molar-refractivity contribution in [3.63, 3.8) is 0 Å². The molecule has 1 unspecified atom stereocenters. The molecular weight excluding hydrogens is 568 g/mol. The Balaban J connectivity index is 1.36. The van der Waals surface area contributed by atoms with E-state index in [9.17, 15) is 14.4 Å². The van der Waals surface area contributed by atoms with Gasteiger partial charge < -0.3 is 20.3 Å². The van der Waals surface area contributed by atoms with E-state index in [1.54, 1.807) is 12.1 Å². The van der Waals surface area contributed by atoms with Gasteiger partial charge in [-0.2, -0.15) is 4.98 Å². The minimum atomic E-state index is -0.972. The molecule has 0 aliphatic heterocycles. The second-order valence-corrected chi connectivity index (χ2v) is 11.6. The van der Waals surface area contributed by atoms with Gasteiger partial charge in [-0.1, -0.05) is 67.5 Å². The maximum Gasteiger partial charge on any atom is 0.305 e. The van der Waals surface area contributed by atoms with E-state index in [1.165, 1.54) is 24.0 Å². The lowest BCUT2D eigenvalue weighted by atomic mass is 9.88. The van der Waals surface area contributed by atoms with Crippen molar-refractivity contribution in [1.82, 2.24) is 15.5 Å². The smallest absolute Gasteiger partial charge is 0.305 e. The third kappa shape index (κ3) is 8.32. The largest absolute Gasteiger partial charge is 0.481 e. The molecule has 9 heteroatoms. The number of anilines is 1. The van der Waals surface area contributed by atoms with E-state index in [2.05, 4.69) is 39.0 Å². The molecule has 1 aliphatic rings. The van der Waals surface area contributed by atoms with Gasteiger partial charge in [0.15, 0.2) is 5.82 Å². The number of rotatable bonds is 12. The van der Waals surface area contributed by atoms with E-state index in [-0.39, 0.29) is 30.7 Å². The molecular formula is C36H38N4O5. The zero-order valence-corrected chi connectivity index (χ0v) is 25.6. The van der Waals surface area contributed by atoms with Crippen LogP contribution in [0.1, 0.15) is 90.7 Å². The molecule has 0 saturated heterocycles. The summed E-state index contributed by atoms with van der Waals surface area (Å²) in [5.41, 5.74) is 6.06. The summed E-state index contributed by atoms with van der Waals surface area (Å²) in [4.78, 5) is 41.6. The summed E-state index contributed by atoms with van der Waals surface area (Å²) in [5, 5.41) is 18.6. The third-order valence-electron chi connectivity index (χ3n) is 7.91. The molecule has 9 nitrogen and oxygen atoms in total. The number of nitrogens with zero attached hydrogens (tertiary/aromatic N) is 2. The molecule has 0 radical (unpaired) electrons. The van der Waals surface area contributed by atoms with Gasteiger partial charge in [0.2, 0.25) is 5.91 Å². The Morgan fingerprint density at radius 2 is 1.73 bits per heavy atom. The summed E-state index contributed by atoms with van der Waals surface area (Å²) >= 11 is 0. The number of carbonyl (C=O) groups excluding carboxylic acids is 2. The zero-order chi connectivity index (χ0) is 31.8. The van der Waals surface area contributed by atoms with Crippen molar-refractivity contribution in [1.29, 1.82) is 0 Å². The first-order chi connectivity index (χ1) is 21.8. The minimum Gasteiger partial charge on any atom is -0.481 e. The lowest BCUT2D eigenvalue weighted by Gasteiger charge is -2.19. The van der Waals surface area contributed by atoms with E-state index >= 15 is 0 Å². The molecule has 2 amide bonds. The molecule has 3 N–H and O–H groups in total. The number of nitrogens with one attached hydrogen (secondary N) is 2. The molecule has 5 rings (SSSR count). The van der Waals surface area contributed by atoms with Gasteiger partial charge in [-0.25, -0.2) is 0 Å². The highest BCUT2D eigenvalue weighted by Gasteiger charge is 2.23. The van der Waals surface area contributed by atoms with Crippen LogP contribution in [-0.4, -0.2) is 39.6 Å². The number of hydrogen-bond donors (Lipinski definition) is 3. The first-order valence-electron chi connectivity index (χ1n) is 15.4. The molecule has 232 valence electrons. The Bertz CT molecular complexity index is 1670. The quantitative estimate of drug-likeness (QED) is 0.158. The number of allylic oxidation sites excluding steroid dienone is 2. The van der Waals surface area contributed by atoms with Crippen LogP contribution in [0.2, 0.25) is 0 Å². The van der Waals surface area contributed by atoms with Crippen LogP contribution in [0.3, 0.4) is 0 Å². The highest BCUT2D eigenvalue weighted by Crippen LogP contribution is 2.30. The molecule has 45 heavy (non-hydrogen) atoms. The first-order valence-corrected chi connectivity index (χ1v) is 15.4. The van der Waals surface area contributed by atoms with Crippen LogP contribution in [-0.2, 0) is 16.0 Å². The van der Waals surface area contributed by atoms with Crippen molar-refractivity contribution < 1.29 is 24.0 Å². The van der Waals surface area contributed by atoms with Gasteiger partial charge in [-0.05, 0) is 84.7 Å². The summed E-state index contributed by atoms with van der Waals surface area (Å²) in [6, 6.07) is 22.7. The number of hydrogen-bond acceptors (Lipinski definition) is 6. The third-order valence-corrected chi connectivity index (χ3v) is 7.91. The molecule has 1 heterocycles. The maximum absolute atomic E-state index is 13.9. The highest BCUT2D eigenvalue weighted by molar-refractivity contribution is 5.97. The zero-order valence-electron chi connectivity index (χ0n) is 25.6. The Kier molecular flexibility index (Phi) is 10.2. The van der Waals surface area contributed by atoms with Gasteiger partial charge in [0.25, 0.3) is 11.8 Å². The van der Waals surface area contributed by atoms with Crippen LogP contribution < -0.4 is 10.6 Å². The van der Waals surface area contributed by atoms with Gasteiger partial charge >= 0.3 is 5.97 Å². The van der Waals surface area contributed by atoms with Crippen LogP contribution in [0, 0.1) is 0 Å². The van der Waals surface area contributed by atoms with E-state index in [1.807, 2.05) is 62.4 Å². The molecule has 0 bridgehead atoms. The lowest BCUT2D eigenvalue weighted by molar-refractivity contribution is -0.136. The van der Waals surface area contributed by atoms with E-state index in [0.29, 0.717) is 35.0 Å². The van der Waals surface area contributed by atoms with Crippen LogP contribution in [0.4, 0.5) is 5.69 Å². The fraction of sp³-hybridized carbons (Fsp3) is 0.306. The minimum absolute atomic E-state index is 0.0532. The fourth-order valence-corrected chi connectivity index (χ4v) is 5.35. The Hall–Kier alpha value is -5.05. The SMILES string of the molecule is CC(C)c1noc(-c2cccc(NC(=O)C(Cc3ccc(C(=O)NCCC(=O)O)cc3)c3ccc(C4=CCCCC4)cc3)c2)n1. The second-order valence-electron chi connectivity index (χ2n) is 11.6. The Morgan fingerprint density at radius 1 is 0.956 bits per heavy atom. The number of carboxylic acids is 1. The van der Waals surface area contributed by atoms with Crippen molar-refractivity contribution in [2.45, 2.75) is 64.2 Å². The summed E-state index contributed by atoms with van der Waals surface area (Å²) in [5.74, 6) is -0.838. The second kappa shape index (κ2) is 14.6. The summed E-state index contributed by atoms with van der Waals surface area (Å²) in [6.45, 7) is 4.04. The molecule has 0 saturated carbocycles. The van der Waals surface area contributed by atoms with Crippen LogP contribution in [0.25, 0.3) is 17.0 Å². The van der Waals surface area contributed by atoms with Crippen molar-refractivity contribution in [2.75, 3.05) is 11.9 Å². The summed E-state index contributed by atoms with van der Waals surface area (Å²) in [7, 11) is 0. The van der Waals surface area contributed by atoms with Gasteiger partial charge in [0.05, 0.1) is 12.3 Å². The number of benzene rings is 3. The van der Waals surface area contributed by atoms with Crippen molar-refractivity contribution in [3.8, 4) is 11.5 Å². The predicted octanol–water partition coefficient (Wildman–Crippen LogP) is 6.99. The topological polar surface area (TPSA) is 134 Å². The molecule has 1 atom stereocenters. The van der Waals surface area contributed by atoms with Crippen LogP contribution in [0.15, 0.2) is 83.4 Å². The fourth-order valence-electron chi connectivity index (χ4n) is 5.35. The molecule has 1 aromatic heterocycles. The van der Waals surface area contributed by atoms with Gasteiger partial charge in [-0.3, -0.25) is 14.4 Å². The van der Waals surface area contributed by atoms with Crippen LogP contribution in [0.5, 0.6) is 0 Å². The van der Waals surface area contributed by atoms with Crippen molar-refractivity contribution in [3.05, 3.63) is 107 Å². The van der Waals surface area contributed by atoms with Gasteiger partial charge in [0.1, 0.15) is 0 Å². The highest BCUT2D eigenvalue weighted by atomic mass is 16.5. The molecule has 1 aliphatic carbocycles. The number of carboxylic acid groups (broad SMARTS) is 1.